The lowest BCUT2D eigenvalue weighted by atomic mass is 9.48. The molecular formula is C12H14F2O5S. The smallest absolute Gasteiger partial charge is 0.460 e. The Kier molecular flexibility index (Phi) is 2.06. The molecule has 112 valence electrons. The highest BCUT2D eigenvalue weighted by atomic mass is 32.2. The Morgan fingerprint density at radius 3 is 2.55 bits per heavy atom. The number of rotatable bonds is 4. The van der Waals surface area contributed by atoms with Crippen LogP contribution in [0.5, 0.6) is 0 Å². The van der Waals surface area contributed by atoms with Gasteiger partial charge in [0.05, 0.1) is 6.61 Å². The van der Waals surface area contributed by atoms with E-state index in [4.69, 9.17) is 4.55 Å². The van der Waals surface area contributed by atoms with Gasteiger partial charge in [-0.2, -0.15) is 17.2 Å². The number of carbonyl (C=O) groups is 1. The van der Waals surface area contributed by atoms with Crippen LogP contribution in [0, 0.1) is 28.6 Å². The van der Waals surface area contributed by atoms with Gasteiger partial charge in [-0.25, -0.2) is 4.79 Å². The first-order valence-corrected chi connectivity index (χ1v) is 8.09. The molecule has 4 fully saturated rings. The van der Waals surface area contributed by atoms with Gasteiger partial charge in [0.1, 0.15) is 0 Å². The second-order valence-electron chi connectivity index (χ2n) is 6.87. The summed E-state index contributed by atoms with van der Waals surface area (Å²) in [6.45, 7) is -0.156. The van der Waals surface area contributed by atoms with Gasteiger partial charge in [0.2, 0.25) is 0 Å². The van der Waals surface area contributed by atoms with E-state index >= 15 is 0 Å². The first-order valence-electron chi connectivity index (χ1n) is 6.65. The van der Waals surface area contributed by atoms with Crippen LogP contribution < -0.4 is 0 Å². The van der Waals surface area contributed by atoms with Crippen LogP contribution in [-0.2, 0) is 19.6 Å². The highest BCUT2D eigenvalue weighted by Gasteiger charge is 2.85. The van der Waals surface area contributed by atoms with Crippen molar-refractivity contribution in [3.63, 3.8) is 0 Å². The van der Waals surface area contributed by atoms with E-state index in [2.05, 4.69) is 4.74 Å². The maximum atomic E-state index is 13.1. The third-order valence-electron chi connectivity index (χ3n) is 6.16. The van der Waals surface area contributed by atoms with Gasteiger partial charge < -0.3 is 4.74 Å². The third kappa shape index (κ3) is 1.21. The summed E-state index contributed by atoms with van der Waals surface area (Å²) >= 11 is 0. The molecule has 5 nitrogen and oxygen atoms in total. The van der Waals surface area contributed by atoms with E-state index in [1.165, 1.54) is 6.42 Å². The molecule has 0 amide bonds. The molecule has 1 spiro atoms. The number of ether oxygens (including phenoxy) is 1. The molecule has 0 bridgehead atoms. The predicted octanol–water partition coefficient (Wildman–Crippen LogP) is 1.45. The van der Waals surface area contributed by atoms with Crippen molar-refractivity contribution < 1.29 is 31.3 Å². The fourth-order valence-corrected chi connectivity index (χ4v) is 5.65. The Balaban J connectivity index is 1.44. The molecule has 4 rings (SSSR count). The Morgan fingerprint density at radius 1 is 1.35 bits per heavy atom. The molecule has 0 radical (unpaired) electrons. The van der Waals surface area contributed by atoms with Gasteiger partial charge in [-0.05, 0) is 48.9 Å². The first-order chi connectivity index (χ1) is 9.13. The van der Waals surface area contributed by atoms with E-state index < -0.39 is 21.3 Å². The van der Waals surface area contributed by atoms with Gasteiger partial charge in [-0.15, -0.1) is 0 Å². The van der Waals surface area contributed by atoms with E-state index in [9.17, 15) is 22.0 Å². The van der Waals surface area contributed by atoms with Crippen LogP contribution in [0.25, 0.3) is 0 Å². The van der Waals surface area contributed by atoms with Crippen molar-refractivity contribution in [2.24, 2.45) is 28.6 Å². The summed E-state index contributed by atoms with van der Waals surface area (Å²) in [4.78, 5) is 11.2. The fraction of sp³-hybridized carbons (Fsp3) is 0.917. The maximum absolute atomic E-state index is 13.1. The summed E-state index contributed by atoms with van der Waals surface area (Å²) in [5.74, 6) is -0.113. The number of hydrogen-bond acceptors (Lipinski definition) is 4. The van der Waals surface area contributed by atoms with Gasteiger partial charge in [-0.3, -0.25) is 4.55 Å². The number of alkyl halides is 2. The van der Waals surface area contributed by atoms with E-state index in [0.29, 0.717) is 11.8 Å². The summed E-state index contributed by atoms with van der Waals surface area (Å²) in [7, 11) is -5.78. The molecule has 0 aromatic heterocycles. The minimum absolute atomic E-state index is 0.156. The lowest BCUT2D eigenvalue weighted by Crippen LogP contribution is -2.50. The quantitative estimate of drug-likeness (QED) is 0.628. The summed E-state index contributed by atoms with van der Waals surface area (Å²) in [5.41, 5.74) is -0.0332. The van der Waals surface area contributed by atoms with Crippen LogP contribution in [-0.4, -0.2) is 30.8 Å². The lowest BCUT2D eigenvalue weighted by Gasteiger charge is -2.56. The molecule has 20 heavy (non-hydrogen) atoms. The molecule has 4 aliphatic carbocycles. The number of halogens is 2. The largest absolute Gasteiger partial charge is 0.465 e. The Bertz CT molecular complexity index is 617. The molecule has 4 unspecified atom stereocenters. The van der Waals surface area contributed by atoms with Crippen molar-refractivity contribution in [1.29, 1.82) is 0 Å². The normalized spacial score (nSPS) is 47.6. The van der Waals surface area contributed by atoms with Crippen LogP contribution in [0.15, 0.2) is 0 Å². The average Bonchev–Trinajstić information content (AvgIpc) is 2.89. The minimum Gasteiger partial charge on any atom is -0.460 e. The molecular weight excluding hydrogens is 294 g/mol. The van der Waals surface area contributed by atoms with E-state index in [1.807, 2.05) is 0 Å². The van der Waals surface area contributed by atoms with Gasteiger partial charge in [0, 0.05) is 5.41 Å². The average molecular weight is 308 g/mol. The zero-order valence-corrected chi connectivity index (χ0v) is 11.3. The molecule has 1 N–H and O–H groups in total. The molecule has 0 aromatic rings. The topological polar surface area (TPSA) is 80.7 Å². The highest BCUT2D eigenvalue weighted by molar-refractivity contribution is 7.87. The SMILES string of the molecule is O=C(OCC12CC3C[C@H]4CC1(C2)C34)C(F)(F)S(=O)(=O)O. The van der Waals surface area contributed by atoms with Gasteiger partial charge in [-0.1, -0.05) is 0 Å². The zero-order valence-electron chi connectivity index (χ0n) is 10.5. The highest BCUT2D eigenvalue weighted by Crippen LogP contribution is 2.91. The van der Waals surface area contributed by atoms with Crippen molar-refractivity contribution in [3.05, 3.63) is 0 Å². The van der Waals surface area contributed by atoms with Crippen molar-refractivity contribution in [1.82, 2.24) is 0 Å². The fourth-order valence-electron chi connectivity index (χ4n) is 5.38. The standard InChI is InChI=1S/C12H14F2O5S/c13-12(14,20(16,17)18)9(15)19-5-10-2-6-1-7-3-11(10,4-10)8(6)7/h6-8H,1-5H2,(H,16,17,18)/t6?,7-,8?,10?,11?/m0/s1. The van der Waals surface area contributed by atoms with E-state index in [0.717, 1.165) is 25.2 Å². The first kappa shape index (κ1) is 12.9. The molecule has 4 aliphatic rings. The molecule has 4 saturated carbocycles. The van der Waals surface area contributed by atoms with Crippen LogP contribution in [0.4, 0.5) is 8.78 Å². The third-order valence-corrected chi connectivity index (χ3v) is 6.98. The van der Waals surface area contributed by atoms with Crippen LogP contribution in [0.2, 0.25) is 0 Å². The van der Waals surface area contributed by atoms with E-state index in [1.54, 1.807) is 0 Å². The second-order valence-corrected chi connectivity index (χ2v) is 8.33. The van der Waals surface area contributed by atoms with Gasteiger partial charge >= 0.3 is 21.3 Å². The van der Waals surface area contributed by atoms with Crippen molar-refractivity contribution in [2.45, 2.75) is 30.9 Å². The molecule has 0 aliphatic heterocycles. The summed E-state index contributed by atoms with van der Waals surface area (Å²) in [6, 6.07) is 0. The Hall–Kier alpha value is -0.760. The molecule has 8 heteroatoms. The van der Waals surface area contributed by atoms with Crippen molar-refractivity contribution >= 4 is 16.1 Å². The summed E-state index contributed by atoms with van der Waals surface area (Å²) < 4.78 is 60.0. The predicted molar refractivity (Wildman–Crippen MR) is 61.3 cm³/mol. The summed E-state index contributed by atoms with van der Waals surface area (Å²) in [6.07, 6.45) is 4.05. The summed E-state index contributed by atoms with van der Waals surface area (Å²) in [5, 5.41) is -4.88. The number of carbonyl (C=O) groups excluding carboxylic acids is 1. The lowest BCUT2D eigenvalue weighted by molar-refractivity contribution is -0.164. The Morgan fingerprint density at radius 2 is 2.00 bits per heavy atom. The van der Waals surface area contributed by atoms with Crippen LogP contribution in [0.3, 0.4) is 0 Å². The molecule has 0 saturated heterocycles. The second kappa shape index (κ2) is 3.19. The van der Waals surface area contributed by atoms with E-state index in [-0.39, 0.29) is 17.4 Å². The minimum atomic E-state index is -5.78. The zero-order chi connectivity index (χ0) is 14.6. The molecule has 0 aromatic carbocycles. The number of esters is 1. The Labute approximate surface area is 114 Å². The molecule has 0 heterocycles. The monoisotopic (exact) mass is 308 g/mol. The van der Waals surface area contributed by atoms with Crippen molar-refractivity contribution in [2.75, 3.05) is 6.61 Å². The van der Waals surface area contributed by atoms with Crippen molar-refractivity contribution in [3.8, 4) is 0 Å². The van der Waals surface area contributed by atoms with Gasteiger partial charge in [0.25, 0.3) is 0 Å². The molecule has 5 atom stereocenters. The van der Waals surface area contributed by atoms with Crippen LogP contribution in [0.1, 0.15) is 25.7 Å². The van der Waals surface area contributed by atoms with Crippen LogP contribution >= 0.6 is 0 Å². The maximum Gasteiger partial charge on any atom is 0.465 e. The number of hydrogen-bond donors (Lipinski definition) is 1. The van der Waals surface area contributed by atoms with Gasteiger partial charge in [0.15, 0.2) is 0 Å².